The van der Waals surface area contributed by atoms with Gasteiger partial charge in [-0.2, -0.15) is 0 Å². The van der Waals surface area contributed by atoms with Crippen molar-refractivity contribution in [2.24, 2.45) is 5.11 Å². The Bertz CT molecular complexity index is 312. The fourth-order valence-electron chi connectivity index (χ4n) is 1.92. The first-order chi connectivity index (χ1) is 7.90. The number of rotatable bonds is 5. The maximum absolute atomic E-state index is 9.82. The maximum Gasteiger partial charge on any atom is 0.164 e. The number of ether oxygens (including phenoxy) is 2. The summed E-state index contributed by atoms with van der Waals surface area (Å²) in [6, 6.07) is 0. The van der Waals surface area contributed by atoms with Crippen molar-refractivity contribution in [2.75, 3.05) is 19.8 Å². The number of hydrogen-bond acceptors (Lipinski definition) is 6. The lowest BCUT2D eigenvalue weighted by atomic mass is 9.94. The summed E-state index contributed by atoms with van der Waals surface area (Å²) < 4.78 is 10.9. The van der Waals surface area contributed by atoms with Crippen LogP contribution < -0.4 is 0 Å². The molecule has 0 saturated carbocycles. The lowest BCUT2D eigenvalue weighted by Crippen LogP contribution is -2.53. The largest absolute Gasteiger partial charge is 0.393 e. The Morgan fingerprint density at radius 2 is 2.00 bits per heavy atom. The van der Waals surface area contributed by atoms with Gasteiger partial charge in [0.25, 0.3) is 0 Å². The summed E-state index contributed by atoms with van der Waals surface area (Å²) in [5.74, 6) is -1.03. The quantitative estimate of drug-likeness (QED) is 0.344. The van der Waals surface area contributed by atoms with Gasteiger partial charge in [0.15, 0.2) is 5.79 Å². The van der Waals surface area contributed by atoms with Gasteiger partial charge in [0.2, 0.25) is 0 Å². The second-order valence-electron chi connectivity index (χ2n) is 4.40. The minimum Gasteiger partial charge on any atom is -0.393 e. The number of azide groups is 1. The van der Waals surface area contributed by atoms with Crippen molar-refractivity contribution in [3.05, 3.63) is 10.4 Å². The van der Waals surface area contributed by atoms with Crippen molar-refractivity contribution in [3.8, 4) is 0 Å². The van der Waals surface area contributed by atoms with Crippen LogP contribution in [0, 0.1) is 0 Å². The molecule has 0 radical (unpaired) electrons. The van der Waals surface area contributed by atoms with Crippen LogP contribution in [0.15, 0.2) is 5.11 Å². The average Bonchev–Trinajstić information content (AvgIpc) is 2.58. The Balaban J connectivity index is 2.90. The molecular formula is C9H17N3O5. The Morgan fingerprint density at radius 3 is 2.47 bits per heavy atom. The van der Waals surface area contributed by atoms with Gasteiger partial charge in [-0.3, -0.25) is 0 Å². The number of aliphatic hydroxyl groups excluding tert-OH is 3. The van der Waals surface area contributed by atoms with Gasteiger partial charge >= 0.3 is 0 Å². The van der Waals surface area contributed by atoms with Crippen LogP contribution in [0.1, 0.15) is 13.8 Å². The molecule has 17 heavy (non-hydrogen) atoms. The molecule has 8 nitrogen and oxygen atoms in total. The van der Waals surface area contributed by atoms with Gasteiger partial charge in [0.05, 0.1) is 25.9 Å². The molecule has 0 aliphatic carbocycles. The molecule has 1 saturated heterocycles. The van der Waals surface area contributed by atoms with E-state index >= 15 is 0 Å². The molecule has 1 rings (SSSR count). The molecule has 1 heterocycles. The van der Waals surface area contributed by atoms with E-state index in [1.54, 1.807) is 13.8 Å². The van der Waals surface area contributed by atoms with Crippen LogP contribution in [0.4, 0.5) is 0 Å². The molecule has 0 amide bonds. The predicted molar refractivity (Wildman–Crippen MR) is 57.0 cm³/mol. The Hall–Kier alpha value is -0.890. The van der Waals surface area contributed by atoms with Gasteiger partial charge in [-0.15, -0.1) is 0 Å². The predicted octanol–water partition coefficient (Wildman–Crippen LogP) is -0.468. The molecule has 0 aromatic heterocycles. The van der Waals surface area contributed by atoms with Crippen molar-refractivity contribution < 1.29 is 24.8 Å². The highest BCUT2D eigenvalue weighted by Gasteiger charge is 2.55. The van der Waals surface area contributed by atoms with Gasteiger partial charge in [-0.1, -0.05) is 5.11 Å². The van der Waals surface area contributed by atoms with Crippen LogP contribution in [-0.4, -0.2) is 58.7 Å². The van der Waals surface area contributed by atoms with E-state index in [2.05, 4.69) is 10.0 Å². The van der Waals surface area contributed by atoms with E-state index in [9.17, 15) is 15.3 Å². The standard InChI is InChI=1S/C9H17N3O5/c1-8(2)16-7(6(15)3-11-12-10)9(4-13,5-14)17-8/h6-7,13-15H,3-5H2,1-2H3/t6-,7-/m1/s1. The second kappa shape index (κ2) is 5.18. The van der Waals surface area contributed by atoms with Crippen molar-refractivity contribution >= 4 is 0 Å². The molecule has 1 fully saturated rings. The molecule has 2 atom stereocenters. The molecule has 0 aromatic carbocycles. The van der Waals surface area contributed by atoms with Crippen molar-refractivity contribution in [1.29, 1.82) is 0 Å². The first-order valence-corrected chi connectivity index (χ1v) is 5.19. The van der Waals surface area contributed by atoms with Gasteiger partial charge in [-0.05, 0) is 19.4 Å². The monoisotopic (exact) mass is 247 g/mol. The third-order valence-corrected chi connectivity index (χ3v) is 2.60. The number of hydrogen-bond donors (Lipinski definition) is 3. The van der Waals surface area contributed by atoms with Gasteiger partial charge in [0.1, 0.15) is 11.7 Å². The Morgan fingerprint density at radius 1 is 1.41 bits per heavy atom. The average molecular weight is 247 g/mol. The van der Waals surface area contributed by atoms with E-state index in [0.29, 0.717) is 0 Å². The zero-order chi connectivity index (χ0) is 13.1. The first-order valence-electron chi connectivity index (χ1n) is 5.19. The molecule has 0 bridgehead atoms. The summed E-state index contributed by atoms with van der Waals surface area (Å²) in [5.41, 5.74) is 6.79. The first kappa shape index (κ1) is 14.2. The Kier molecular flexibility index (Phi) is 4.31. The van der Waals surface area contributed by atoms with Crippen LogP contribution in [0.3, 0.4) is 0 Å². The van der Waals surface area contributed by atoms with E-state index in [4.69, 9.17) is 15.0 Å². The highest BCUT2D eigenvalue weighted by Crippen LogP contribution is 2.37. The smallest absolute Gasteiger partial charge is 0.164 e. The van der Waals surface area contributed by atoms with Gasteiger partial charge in [0, 0.05) is 4.91 Å². The summed E-state index contributed by atoms with van der Waals surface area (Å²) in [5, 5.41) is 31.7. The van der Waals surface area contributed by atoms with Crippen molar-refractivity contribution in [1.82, 2.24) is 0 Å². The minimum absolute atomic E-state index is 0.220. The molecule has 3 N–H and O–H groups in total. The SMILES string of the molecule is CC1(C)O[C@H]([C@H](O)CN=[N+]=[N-])C(CO)(CO)O1. The maximum atomic E-state index is 9.82. The second-order valence-corrected chi connectivity index (χ2v) is 4.40. The van der Waals surface area contributed by atoms with Crippen LogP contribution in [-0.2, 0) is 9.47 Å². The number of nitrogens with zero attached hydrogens (tertiary/aromatic N) is 3. The molecule has 98 valence electrons. The van der Waals surface area contributed by atoms with E-state index in [1.807, 2.05) is 0 Å². The van der Waals surface area contributed by atoms with Crippen molar-refractivity contribution in [2.45, 2.75) is 37.4 Å². The minimum atomic E-state index is -1.39. The highest BCUT2D eigenvalue weighted by atomic mass is 16.8. The van der Waals surface area contributed by atoms with Crippen LogP contribution in [0.25, 0.3) is 10.4 Å². The van der Waals surface area contributed by atoms with Crippen LogP contribution >= 0.6 is 0 Å². The molecular weight excluding hydrogens is 230 g/mol. The Labute approximate surface area is 98.4 Å². The third-order valence-electron chi connectivity index (χ3n) is 2.60. The molecule has 0 unspecified atom stereocenters. The van der Waals surface area contributed by atoms with E-state index in [0.717, 1.165) is 0 Å². The summed E-state index contributed by atoms with van der Waals surface area (Å²) in [7, 11) is 0. The molecule has 8 heteroatoms. The molecule has 1 aliphatic rings. The van der Waals surface area contributed by atoms with E-state index in [-0.39, 0.29) is 6.54 Å². The normalized spacial score (nSPS) is 27.5. The van der Waals surface area contributed by atoms with E-state index in [1.165, 1.54) is 0 Å². The summed E-state index contributed by atoms with van der Waals surface area (Å²) in [6.45, 7) is 1.97. The summed E-state index contributed by atoms with van der Waals surface area (Å²) >= 11 is 0. The topological polar surface area (TPSA) is 128 Å². The highest BCUT2D eigenvalue weighted by molar-refractivity contribution is 4.99. The number of aliphatic hydroxyl groups is 3. The van der Waals surface area contributed by atoms with E-state index < -0.39 is 36.8 Å². The fraction of sp³-hybridized carbons (Fsp3) is 1.00. The lowest BCUT2D eigenvalue weighted by molar-refractivity contribution is -0.178. The molecule has 0 spiro atoms. The fourth-order valence-corrected chi connectivity index (χ4v) is 1.92. The van der Waals surface area contributed by atoms with Gasteiger partial charge < -0.3 is 24.8 Å². The third kappa shape index (κ3) is 2.86. The summed E-state index contributed by atoms with van der Waals surface area (Å²) in [4.78, 5) is 2.53. The van der Waals surface area contributed by atoms with Crippen molar-refractivity contribution in [3.63, 3.8) is 0 Å². The zero-order valence-corrected chi connectivity index (χ0v) is 9.78. The van der Waals surface area contributed by atoms with Crippen LogP contribution in [0.5, 0.6) is 0 Å². The molecule has 0 aromatic rings. The van der Waals surface area contributed by atoms with Gasteiger partial charge in [-0.25, -0.2) is 0 Å². The lowest BCUT2D eigenvalue weighted by Gasteiger charge is -2.31. The summed E-state index contributed by atoms with van der Waals surface area (Å²) in [6.07, 6.45) is -2.12. The zero-order valence-electron chi connectivity index (χ0n) is 9.78. The van der Waals surface area contributed by atoms with Crippen LogP contribution in [0.2, 0.25) is 0 Å². The molecule has 1 aliphatic heterocycles.